The van der Waals surface area contributed by atoms with E-state index in [4.69, 9.17) is 0 Å². The SMILES string of the molecule is Cc1c(O)n(CC2CCCCC2C)c(=O)[nH]c1=O. The van der Waals surface area contributed by atoms with E-state index in [9.17, 15) is 14.7 Å². The second-order valence-electron chi connectivity index (χ2n) is 5.34. The number of nitrogens with one attached hydrogen (secondary N) is 1. The predicted molar refractivity (Wildman–Crippen MR) is 68.8 cm³/mol. The standard InChI is InChI=1S/C13H20N2O3/c1-8-5-3-4-6-10(8)7-15-12(17)9(2)11(16)14-13(15)18/h8,10,17H,3-7H2,1-2H3,(H,14,16,18). The molecule has 1 aromatic heterocycles. The van der Waals surface area contributed by atoms with E-state index in [2.05, 4.69) is 11.9 Å². The highest BCUT2D eigenvalue weighted by atomic mass is 16.3. The first-order valence-electron chi connectivity index (χ1n) is 6.53. The smallest absolute Gasteiger partial charge is 0.331 e. The first-order chi connectivity index (χ1) is 8.50. The maximum atomic E-state index is 11.7. The molecule has 0 bridgehead atoms. The predicted octanol–water partition coefficient (Wildman–Crippen LogP) is 1.38. The summed E-state index contributed by atoms with van der Waals surface area (Å²) in [5, 5.41) is 9.92. The molecule has 1 aromatic rings. The van der Waals surface area contributed by atoms with Crippen LogP contribution in [0.3, 0.4) is 0 Å². The second-order valence-corrected chi connectivity index (χ2v) is 5.34. The summed E-state index contributed by atoms with van der Waals surface area (Å²) in [7, 11) is 0. The van der Waals surface area contributed by atoms with Gasteiger partial charge in [0.15, 0.2) is 0 Å². The molecule has 1 aliphatic carbocycles. The Morgan fingerprint density at radius 2 is 2.00 bits per heavy atom. The lowest BCUT2D eigenvalue weighted by atomic mass is 9.80. The largest absolute Gasteiger partial charge is 0.494 e. The molecule has 1 saturated carbocycles. The minimum atomic E-state index is -0.513. The Labute approximate surface area is 105 Å². The molecule has 18 heavy (non-hydrogen) atoms. The van der Waals surface area contributed by atoms with Crippen LogP contribution in [-0.2, 0) is 6.54 Å². The molecule has 0 amide bonds. The van der Waals surface area contributed by atoms with Gasteiger partial charge in [-0.2, -0.15) is 0 Å². The van der Waals surface area contributed by atoms with Crippen LogP contribution in [0.2, 0.25) is 0 Å². The van der Waals surface area contributed by atoms with Gasteiger partial charge in [0.05, 0.1) is 5.56 Å². The van der Waals surface area contributed by atoms with Gasteiger partial charge in [0.1, 0.15) is 0 Å². The molecule has 2 N–H and O–H groups in total. The second kappa shape index (κ2) is 5.00. The third-order valence-electron chi connectivity index (χ3n) is 4.10. The van der Waals surface area contributed by atoms with E-state index >= 15 is 0 Å². The number of aromatic hydroxyl groups is 1. The topological polar surface area (TPSA) is 75.1 Å². The zero-order valence-electron chi connectivity index (χ0n) is 10.9. The van der Waals surface area contributed by atoms with E-state index in [1.54, 1.807) is 0 Å². The highest BCUT2D eigenvalue weighted by Crippen LogP contribution is 2.31. The molecular weight excluding hydrogens is 232 g/mol. The minimum Gasteiger partial charge on any atom is -0.494 e. The van der Waals surface area contributed by atoms with E-state index in [1.807, 2.05) is 0 Å². The summed E-state index contributed by atoms with van der Waals surface area (Å²) in [5.41, 5.74) is -0.815. The summed E-state index contributed by atoms with van der Waals surface area (Å²) in [4.78, 5) is 25.3. The van der Waals surface area contributed by atoms with Gasteiger partial charge in [-0.05, 0) is 25.2 Å². The van der Waals surface area contributed by atoms with Crippen molar-refractivity contribution in [1.82, 2.24) is 9.55 Å². The van der Waals surface area contributed by atoms with Crippen molar-refractivity contribution in [1.29, 1.82) is 0 Å². The van der Waals surface area contributed by atoms with Crippen LogP contribution in [0, 0.1) is 18.8 Å². The zero-order valence-corrected chi connectivity index (χ0v) is 10.9. The van der Waals surface area contributed by atoms with Crippen molar-refractivity contribution in [3.05, 3.63) is 26.4 Å². The van der Waals surface area contributed by atoms with Crippen LogP contribution in [0.25, 0.3) is 0 Å². The van der Waals surface area contributed by atoms with Crippen molar-refractivity contribution < 1.29 is 5.11 Å². The Hall–Kier alpha value is -1.52. The summed E-state index contributed by atoms with van der Waals surface area (Å²) in [6.45, 7) is 4.20. The Bertz CT molecular complexity index is 544. The van der Waals surface area contributed by atoms with Crippen molar-refractivity contribution in [2.24, 2.45) is 11.8 Å². The minimum absolute atomic E-state index is 0.193. The van der Waals surface area contributed by atoms with Crippen LogP contribution in [0.4, 0.5) is 0 Å². The Morgan fingerprint density at radius 1 is 1.33 bits per heavy atom. The lowest BCUT2D eigenvalue weighted by Crippen LogP contribution is -2.34. The highest BCUT2D eigenvalue weighted by Gasteiger charge is 2.23. The molecule has 2 rings (SSSR count). The molecule has 0 aromatic carbocycles. The fraction of sp³-hybridized carbons (Fsp3) is 0.692. The van der Waals surface area contributed by atoms with Gasteiger partial charge in [0, 0.05) is 6.54 Å². The van der Waals surface area contributed by atoms with Gasteiger partial charge in [-0.15, -0.1) is 0 Å². The quantitative estimate of drug-likeness (QED) is 0.835. The molecule has 0 radical (unpaired) electrons. The highest BCUT2D eigenvalue weighted by molar-refractivity contribution is 5.20. The Morgan fingerprint density at radius 3 is 2.67 bits per heavy atom. The molecule has 0 aliphatic heterocycles. The van der Waals surface area contributed by atoms with Crippen molar-refractivity contribution >= 4 is 0 Å². The van der Waals surface area contributed by atoms with Gasteiger partial charge in [0.2, 0.25) is 5.88 Å². The third kappa shape index (κ3) is 2.35. The number of nitrogens with zero attached hydrogens (tertiary/aromatic N) is 1. The first kappa shape index (κ1) is 12.9. The van der Waals surface area contributed by atoms with E-state index in [0.717, 1.165) is 6.42 Å². The average Bonchev–Trinajstić information content (AvgIpc) is 2.34. The first-order valence-corrected chi connectivity index (χ1v) is 6.53. The van der Waals surface area contributed by atoms with Crippen LogP contribution < -0.4 is 11.2 Å². The monoisotopic (exact) mass is 252 g/mol. The van der Waals surface area contributed by atoms with Crippen molar-refractivity contribution in [3.8, 4) is 5.88 Å². The Balaban J connectivity index is 2.32. The molecule has 5 heteroatoms. The number of H-pyrrole nitrogens is 1. The van der Waals surface area contributed by atoms with Crippen LogP contribution in [0.5, 0.6) is 5.88 Å². The zero-order chi connectivity index (χ0) is 13.3. The number of hydrogen-bond donors (Lipinski definition) is 2. The van der Waals surface area contributed by atoms with Crippen LogP contribution in [-0.4, -0.2) is 14.7 Å². The number of hydrogen-bond acceptors (Lipinski definition) is 3. The van der Waals surface area contributed by atoms with Crippen molar-refractivity contribution in [2.75, 3.05) is 0 Å². The van der Waals surface area contributed by atoms with Crippen LogP contribution >= 0.6 is 0 Å². The molecule has 2 atom stereocenters. The van der Waals surface area contributed by atoms with E-state index < -0.39 is 11.2 Å². The van der Waals surface area contributed by atoms with Gasteiger partial charge in [-0.3, -0.25) is 14.3 Å². The molecule has 1 aliphatic rings. The van der Waals surface area contributed by atoms with E-state index in [-0.39, 0.29) is 11.4 Å². The average molecular weight is 252 g/mol. The molecule has 0 saturated heterocycles. The molecule has 100 valence electrons. The molecular formula is C13H20N2O3. The van der Waals surface area contributed by atoms with Crippen LogP contribution in [0.1, 0.15) is 38.2 Å². The van der Waals surface area contributed by atoms with Crippen molar-refractivity contribution in [2.45, 2.75) is 46.1 Å². The third-order valence-corrected chi connectivity index (χ3v) is 4.10. The van der Waals surface area contributed by atoms with Gasteiger partial charge in [-0.1, -0.05) is 26.2 Å². The number of aromatic nitrogens is 2. The lowest BCUT2D eigenvalue weighted by Gasteiger charge is -2.29. The van der Waals surface area contributed by atoms with Gasteiger partial charge in [-0.25, -0.2) is 4.79 Å². The Kier molecular flexibility index (Phi) is 3.59. The van der Waals surface area contributed by atoms with Crippen LogP contribution in [0.15, 0.2) is 9.59 Å². The maximum absolute atomic E-state index is 11.7. The van der Waals surface area contributed by atoms with E-state index in [0.29, 0.717) is 18.4 Å². The molecule has 2 unspecified atom stereocenters. The molecule has 5 nitrogen and oxygen atoms in total. The molecule has 1 fully saturated rings. The summed E-state index contributed by atoms with van der Waals surface area (Å²) in [6, 6.07) is 0. The van der Waals surface area contributed by atoms with Gasteiger partial charge >= 0.3 is 5.69 Å². The fourth-order valence-electron chi connectivity index (χ4n) is 2.73. The fourth-order valence-corrected chi connectivity index (χ4v) is 2.73. The normalized spacial score (nSPS) is 24.1. The summed E-state index contributed by atoms with van der Waals surface area (Å²) < 4.78 is 1.29. The maximum Gasteiger partial charge on any atom is 0.331 e. The molecule has 0 spiro atoms. The van der Waals surface area contributed by atoms with Gasteiger partial charge < -0.3 is 5.11 Å². The summed E-state index contributed by atoms with van der Waals surface area (Å²) >= 11 is 0. The van der Waals surface area contributed by atoms with Crippen molar-refractivity contribution in [3.63, 3.8) is 0 Å². The lowest BCUT2D eigenvalue weighted by molar-refractivity contribution is 0.217. The number of rotatable bonds is 2. The molecule has 1 heterocycles. The number of aromatic amines is 1. The van der Waals surface area contributed by atoms with E-state index in [1.165, 1.54) is 30.8 Å². The summed E-state index contributed by atoms with van der Waals surface area (Å²) in [5.74, 6) is 0.756. The van der Waals surface area contributed by atoms with Gasteiger partial charge in [0.25, 0.3) is 5.56 Å². The summed E-state index contributed by atoms with van der Waals surface area (Å²) in [6.07, 6.45) is 4.66.